The largest absolute Gasteiger partial charge is 0.316 e. The molecule has 0 atom stereocenters. The van der Waals surface area contributed by atoms with E-state index in [4.69, 9.17) is 23.2 Å². The summed E-state index contributed by atoms with van der Waals surface area (Å²) in [5.41, 5.74) is 6.52. The lowest BCUT2D eigenvalue weighted by atomic mass is 10.0. The average molecular weight is 411 g/mol. The van der Waals surface area contributed by atoms with Crippen LogP contribution in [0.1, 0.15) is 29.4 Å². The molecule has 4 rings (SSSR count). The predicted molar refractivity (Wildman–Crippen MR) is 118 cm³/mol. The van der Waals surface area contributed by atoms with E-state index in [-0.39, 0.29) is 5.91 Å². The molecular weight excluding hydrogens is 391 g/mol. The zero-order chi connectivity index (χ0) is 20.0. The van der Waals surface area contributed by atoms with Crippen LogP contribution < -0.4 is 4.90 Å². The highest BCUT2D eigenvalue weighted by Crippen LogP contribution is 2.38. The van der Waals surface area contributed by atoms with Crippen molar-refractivity contribution in [1.29, 1.82) is 0 Å². The molecular formula is C23H20Cl2N2O. The van der Waals surface area contributed by atoms with Crippen LogP contribution in [0, 0.1) is 13.8 Å². The Bertz CT molecular complexity index is 1130. The Morgan fingerprint density at radius 3 is 2.46 bits per heavy atom. The SMILES string of the molecule is CCN1C(=O)/C(=C/c2cc(C)n(-c3cccc(Cl)c3Cl)c2C)c2ccccc21. The summed E-state index contributed by atoms with van der Waals surface area (Å²) in [5.74, 6) is 0.0364. The molecule has 0 N–H and O–H groups in total. The number of hydrogen-bond acceptors (Lipinski definition) is 1. The van der Waals surface area contributed by atoms with E-state index < -0.39 is 0 Å². The molecule has 5 heteroatoms. The predicted octanol–water partition coefficient (Wildman–Crippen LogP) is 6.31. The number of likely N-dealkylation sites (N-methyl/N-ethyl adjacent to an activating group) is 1. The summed E-state index contributed by atoms with van der Waals surface area (Å²) in [6.07, 6.45) is 1.98. The Kier molecular flexibility index (Phi) is 4.82. The number of para-hydroxylation sites is 1. The summed E-state index contributed by atoms with van der Waals surface area (Å²) in [7, 11) is 0. The molecule has 1 amide bonds. The molecule has 1 aliphatic rings. The fourth-order valence-electron chi connectivity index (χ4n) is 3.89. The summed E-state index contributed by atoms with van der Waals surface area (Å²) in [5, 5.41) is 1.04. The van der Waals surface area contributed by atoms with Crippen molar-refractivity contribution in [3.8, 4) is 5.69 Å². The van der Waals surface area contributed by atoms with Gasteiger partial charge in [-0.2, -0.15) is 0 Å². The van der Waals surface area contributed by atoms with Gasteiger partial charge < -0.3 is 9.47 Å². The number of carbonyl (C=O) groups is 1. The topological polar surface area (TPSA) is 25.2 Å². The fourth-order valence-corrected chi connectivity index (χ4v) is 4.27. The zero-order valence-electron chi connectivity index (χ0n) is 16.0. The first-order valence-corrected chi connectivity index (χ1v) is 9.96. The molecule has 3 aromatic rings. The summed E-state index contributed by atoms with van der Waals surface area (Å²) >= 11 is 12.7. The number of carbonyl (C=O) groups excluding carboxylic acids is 1. The Balaban J connectivity index is 1.87. The van der Waals surface area contributed by atoms with Gasteiger partial charge >= 0.3 is 0 Å². The highest BCUT2D eigenvalue weighted by Gasteiger charge is 2.31. The van der Waals surface area contributed by atoms with Crippen molar-refractivity contribution in [1.82, 2.24) is 4.57 Å². The van der Waals surface area contributed by atoms with Crippen molar-refractivity contribution < 1.29 is 4.79 Å². The zero-order valence-corrected chi connectivity index (χ0v) is 17.5. The highest BCUT2D eigenvalue weighted by molar-refractivity contribution is 6.43. The van der Waals surface area contributed by atoms with Gasteiger partial charge in [0.05, 0.1) is 21.4 Å². The van der Waals surface area contributed by atoms with Crippen LogP contribution in [0.3, 0.4) is 0 Å². The Morgan fingerprint density at radius 2 is 1.71 bits per heavy atom. The van der Waals surface area contributed by atoms with Gasteiger partial charge in [-0.25, -0.2) is 0 Å². The normalized spacial score (nSPS) is 14.8. The molecule has 28 heavy (non-hydrogen) atoms. The van der Waals surface area contributed by atoms with Gasteiger partial charge in [-0.1, -0.05) is 47.5 Å². The number of nitrogens with zero attached hydrogens (tertiary/aromatic N) is 2. The van der Waals surface area contributed by atoms with E-state index in [9.17, 15) is 4.79 Å². The molecule has 0 fully saturated rings. The number of aryl methyl sites for hydroxylation is 1. The third kappa shape index (κ3) is 2.86. The lowest BCUT2D eigenvalue weighted by Gasteiger charge is -2.13. The van der Waals surface area contributed by atoms with Crippen LogP contribution in [0.25, 0.3) is 17.3 Å². The van der Waals surface area contributed by atoms with Gasteiger partial charge in [0.15, 0.2) is 0 Å². The minimum absolute atomic E-state index is 0.0364. The summed E-state index contributed by atoms with van der Waals surface area (Å²) in [4.78, 5) is 14.8. The fraction of sp³-hybridized carbons (Fsp3) is 0.174. The smallest absolute Gasteiger partial charge is 0.258 e. The number of rotatable bonds is 3. The minimum atomic E-state index is 0.0364. The van der Waals surface area contributed by atoms with E-state index in [2.05, 4.69) is 10.6 Å². The molecule has 0 unspecified atom stereocenters. The molecule has 3 nitrogen and oxygen atoms in total. The third-order valence-corrected chi connectivity index (χ3v) is 6.03. The Morgan fingerprint density at radius 1 is 1.00 bits per heavy atom. The lowest BCUT2D eigenvalue weighted by molar-refractivity contribution is -0.112. The van der Waals surface area contributed by atoms with Crippen molar-refractivity contribution in [3.63, 3.8) is 0 Å². The van der Waals surface area contributed by atoms with Gasteiger partial charge in [-0.3, -0.25) is 4.79 Å². The summed E-state index contributed by atoms with van der Waals surface area (Å²) in [6, 6.07) is 15.6. The molecule has 0 bridgehead atoms. The van der Waals surface area contributed by atoms with Crippen molar-refractivity contribution in [2.24, 2.45) is 0 Å². The first-order chi connectivity index (χ1) is 13.4. The molecule has 0 saturated heterocycles. The van der Waals surface area contributed by atoms with Crippen LogP contribution >= 0.6 is 23.2 Å². The Hall–Kier alpha value is -2.49. The minimum Gasteiger partial charge on any atom is -0.316 e. The number of amides is 1. The molecule has 0 spiro atoms. The first-order valence-electron chi connectivity index (χ1n) is 9.20. The molecule has 2 aromatic carbocycles. The van der Waals surface area contributed by atoms with E-state index in [1.54, 1.807) is 6.07 Å². The monoisotopic (exact) mass is 410 g/mol. The van der Waals surface area contributed by atoms with Gasteiger partial charge in [0.25, 0.3) is 5.91 Å². The van der Waals surface area contributed by atoms with Crippen molar-refractivity contribution in [3.05, 3.63) is 81.1 Å². The maximum absolute atomic E-state index is 13.0. The van der Waals surface area contributed by atoms with Crippen LogP contribution in [0.4, 0.5) is 5.69 Å². The standard InChI is InChI=1S/C23H20Cl2N2O/c1-4-26-20-10-6-5-8-17(20)18(23(26)28)13-16-12-14(2)27(15(16)3)21-11-7-9-19(24)22(21)25/h5-13H,4H2,1-3H3/b18-13+. The van der Waals surface area contributed by atoms with Gasteiger partial charge in [-0.15, -0.1) is 0 Å². The highest BCUT2D eigenvalue weighted by atomic mass is 35.5. The summed E-state index contributed by atoms with van der Waals surface area (Å²) in [6.45, 7) is 6.68. The number of anilines is 1. The summed E-state index contributed by atoms with van der Waals surface area (Å²) < 4.78 is 2.07. The van der Waals surface area contributed by atoms with Gasteiger partial charge in [0.2, 0.25) is 0 Å². The van der Waals surface area contributed by atoms with E-state index in [0.29, 0.717) is 16.6 Å². The van der Waals surface area contributed by atoms with Gasteiger partial charge in [-0.05, 0) is 56.7 Å². The van der Waals surface area contributed by atoms with E-state index >= 15 is 0 Å². The van der Waals surface area contributed by atoms with Gasteiger partial charge in [0.1, 0.15) is 0 Å². The molecule has 0 aliphatic carbocycles. The van der Waals surface area contributed by atoms with Crippen molar-refractivity contribution >= 4 is 46.4 Å². The number of hydrogen-bond donors (Lipinski definition) is 0. The molecule has 2 heterocycles. The number of benzene rings is 2. The molecule has 0 radical (unpaired) electrons. The molecule has 142 valence electrons. The van der Waals surface area contributed by atoms with Gasteiger partial charge in [0, 0.05) is 29.1 Å². The number of fused-ring (bicyclic) bond motifs is 1. The van der Waals surface area contributed by atoms with Crippen LogP contribution in [0.15, 0.2) is 48.5 Å². The third-order valence-electron chi connectivity index (χ3n) is 5.22. The average Bonchev–Trinajstić information content (AvgIpc) is 3.11. The maximum Gasteiger partial charge on any atom is 0.258 e. The second-order valence-electron chi connectivity index (χ2n) is 6.86. The molecule has 0 saturated carbocycles. The molecule has 1 aliphatic heterocycles. The quantitative estimate of drug-likeness (QED) is 0.464. The molecule has 1 aromatic heterocycles. The van der Waals surface area contributed by atoms with Crippen LogP contribution in [-0.4, -0.2) is 17.0 Å². The van der Waals surface area contributed by atoms with E-state index in [0.717, 1.165) is 39.5 Å². The van der Waals surface area contributed by atoms with Crippen molar-refractivity contribution in [2.45, 2.75) is 20.8 Å². The maximum atomic E-state index is 13.0. The lowest BCUT2D eigenvalue weighted by Crippen LogP contribution is -2.25. The van der Waals surface area contributed by atoms with Crippen LogP contribution in [-0.2, 0) is 4.79 Å². The van der Waals surface area contributed by atoms with E-state index in [1.165, 1.54) is 0 Å². The first kappa shape index (κ1) is 18.9. The number of halogens is 2. The van der Waals surface area contributed by atoms with E-state index in [1.807, 2.05) is 68.1 Å². The van der Waals surface area contributed by atoms with Crippen LogP contribution in [0.2, 0.25) is 10.0 Å². The second-order valence-corrected chi connectivity index (χ2v) is 7.64. The Labute approximate surface area is 174 Å². The second kappa shape index (κ2) is 7.16. The number of aromatic nitrogens is 1. The van der Waals surface area contributed by atoms with Crippen molar-refractivity contribution in [2.75, 3.05) is 11.4 Å². The van der Waals surface area contributed by atoms with Crippen LogP contribution in [0.5, 0.6) is 0 Å².